The third-order valence-corrected chi connectivity index (χ3v) is 15.3. The Hall–Kier alpha value is -2.40. The van der Waals surface area contributed by atoms with Crippen molar-refractivity contribution in [1.29, 1.82) is 0 Å². The van der Waals surface area contributed by atoms with Crippen LogP contribution in [0, 0.1) is 58.8 Å². The number of hydrogen-bond donors (Lipinski definition) is 0. The highest BCUT2D eigenvalue weighted by molar-refractivity contribution is 5.31. The van der Waals surface area contributed by atoms with Crippen LogP contribution in [-0.4, -0.2) is 13.2 Å². The quantitative estimate of drug-likeness (QED) is 0.0830. The van der Waals surface area contributed by atoms with Crippen LogP contribution in [0.3, 0.4) is 0 Å². The van der Waals surface area contributed by atoms with Gasteiger partial charge in [-0.15, -0.1) is 0 Å². The maximum atomic E-state index is 15.1. The second-order valence-electron chi connectivity index (χ2n) is 18.9. The zero-order valence-corrected chi connectivity index (χ0v) is 35.5. The molecule has 0 radical (unpaired) electrons. The Morgan fingerprint density at radius 3 is 1.09 bits per heavy atom. The van der Waals surface area contributed by atoms with Gasteiger partial charge in [0.25, 0.3) is 0 Å². The van der Waals surface area contributed by atoms with Gasteiger partial charge in [0.05, 0.1) is 13.2 Å². The van der Waals surface area contributed by atoms with E-state index in [0.29, 0.717) is 0 Å². The van der Waals surface area contributed by atoms with E-state index < -0.39 is 23.3 Å². The molecule has 0 spiro atoms. The highest BCUT2D eigenvalue weighted by atomic mass is 19.1. The summed E-state index contributed by atoms with van der Waals surface area (Å²) in [6.45, 7) is 5.14. The van der Waals surface area contributed by atoms with E-state index in [1.54, 1.807) is 48.6 Å². The molecule has 4 aliphatic carbocycles. The molecule has 6 rings (SSSR count). The maximum Gasteiger partial charge on any atom is 0.129 e. The lowest BCUT2D eigenvalue weighted by Crippen LogP contribution is -2.25. The fraction of sp³-hybridized carbons (Fsp3) is 0.692. The third kappa shape index (κ3) is 12.8. The molecule has 0 amide bonds. The molecule has 4 aliphatic rings. The number of rotatable bonds is 18. The Kier molecular flexibility index (Phi) is 17.7. The molecule has 0 atom stereocenters. The monoisotopic (exact) mass is 791 g/mol. The van der Waals surface area contributed by atoms with E-state index in [4.69, 9.17) is 4.74 Å². The van der Waals surface area contributed by atoms with Crippen LogP contribution >= 0.6 is 0 Å². The lowest BCUT2D eigenvalue weighted by Gasteiger charge is -2.38. The van der Waals surface area contributed by atoms with Gasteiger partial charge in [0.1, 0.15) is 23.3 Å². The van der Waals surface area contributed by atoms with E-state index in [1.807, 2.05) is 0 Å². The first-order chi connectivity index (χ1) is 27.8. The summed E-state index contributed by atoms with van der Waals surface area (Å²) in [5, 5.41) is 0. The lowest BCUT2D eigenvalue weighted by molar-refractivity contribution is 0.156. The van der Waals surface area contributed by atoms with E-state index in [-0.39, 0.29) is 49.0 Å². The predicted molar refractivity (Wildman–Crippen MR) is 229 cm³/mol. The second-order valence-corrected chi connectivity index (χ2v) is 18.9. The summed E-state index contributed by atoms with van der Waals surface area (Å²) in [5.41, 5.74) is 1.82. The molecule has 2 aromatic carbocycles. The minimum Gasteiger partial charge on any atom is -0.373 e. The van der Waals surface area contributed by atoms with Gasteiger partial charge in [-0.05, 0) is 173 Å². The molecule has 1 nitrogen and oxygen atoms in total. The van der Waals surface area contributed by atoms with Gasteiger partial charge in [-0.25, -0.2) is 17.6 Å². The Labute approximate surface area is 343 Å². The van der Waals surface area contributed by atoms with Crippen LogP contribution in [0.4, 0.5) is 17.6 Å². The summed E-state index contributed by atoms with van der Waals surface area (Å²) in [4.78, 5) is 0. The minimum atomic E-state index is -0.462. The summed E-state index contributed by atoms with van der Waals surface area (Å²) < 4.78 is 66.2. The van der Waals surface area contributed by atoms with Gasteiger partial charge in [-0.3, -0.25) is 0 Å². The van der Waals surface area contributed by atoms with E-state index in [1.165, 1.54) is 116 Å². The lowest BCUT2D eigenvalue weighted by atomic mass is 9.68. The number of ether oxygens (including phenoxy) is 1. The van der Waals surface area contributed by atoms with Crippen molar-refractivity contribution in [3.63, 3.8) is 0 Å². The molecule has 4 saturated carbocycles. The average Bonchev–Trinajstić information content (AvgIpc) is 3.23. The largest absolute Gasteiger partial charge is 0.373 e. The van der Waals surface area contributed by atoms with E-state index in [0.717, 1.165) is 72.3 Å². The molecule has 0 bridgehead atoms. The summed E-state index contributed by atoms with van der Waals surface area (Å²) in [6.07, 6.45) is 35.3. The van der Waals surface area contributed by atoms with Crippen LogP contribution in [-0.2, 0) is 17.6 Å². The Balaban J connectivity index is 0.861. The van der Waals surface area contributed by atoms with Gasteiger partial charge >= 0.3 is 0 Å². The fourth-order valence-corrected chi connectivity index (χ4v) is 11.6. The summed E-state index contributed by atoms with van der Waals surface area (Å²) in [7, 11) is 0. The zero-order chi connectivity index (χ0) is 40.0. The molecule has 2 aromatic rings. The summed E-state index contributed by atoms with van der Waals surface area (Å²) in [6, 6.07) is 6.29. The van der Waals surface area contributed by atoms with Crippen molar-refractivity contribution >= 4 is 0 Å². The normalized spacial score (nSPS) is 28.7. The third-order valence-electron chi connectivity index (χ3n) is 15.3. The van der Waals surface area contributed by atoms with Gasteiger partial charge in [0, 0.05) is 11.1 Å². The molecule has 0 aromatic heterocycles. The van der Waals surface area contributed by atoms with E-state index >= 15 is 17.6 Å². The second kappa shape index (κ2) is 22.8. The van der Waals surface area contributed by atoms with Gasteiger partial charge in [-0.2, -0.15) is 0 Å². The molecule has 4 fully saturated rings. The number of unbranched alkanes of at least 4 members (excludes halogenated alkanes) is 2. The minimum absolute atomic E-state index is 0.0985. The van der Waals surface area contributed by atoms with Gasteiger partial charge < -0.3 is 4.74 Å². The van der Waals surface area contributed by atoms with Crippen LogP contribution in [0.15, 0.2) is 48.6 Å². The highest BCUT2D eigenvalue weighted by Gasteiger charge is 2.33. The molecule has 0 saturated heterocycles. The van der Waals surface area contributed by atoms with Crippen molar-refractivity contribution in [1.82, 2.24) is 0 Å². The van der Waals surface area contributed by atoms with Crippen molar-refractivity contribution < 1.29 is 22.3 Å². The van der Waals surface area contributed by atoms with Crippen LogP contribution in [0.2, 0.25) is 0 Å². The average molecular weight is 791 g/mol. The number of benzene rings is 2. The first kappa shape index (κ1) is 44.2. The number of hydrogen-bond acceptors (Lipinski definition) is 1. The maximum absolute atomic E-state index is 15.1. The zero-order valence-electron chi connectivity index (χ0n) is 35.5. The van der Waals surface area contributed by atoms with Crippen molar-refractivity contribution in [2.75, 3.05) is 13.2 Å². The Bertz CT molecular complexity index is 1390. The van der Waals surface area contributed by atoms with Crippen LogP contribution < -0.4 is 0 Å². The molecule has 0 unspecified atom stereocenters. The molecule has 57 heavy (non-hydrogen) atoms. The van der Waals surface area contributed by atoms with Gasteiger partial charge in [0.2, 0.25) is 0 Å². The number of halogens is 4. The van der Waals surface area contributed by atoms with Crippen LogP contribution in [0.25, 0.3) is 0 Å². The van der Waals surface area contributed by atoms with Crippen LogP contribution in [0.5, 0.6) is 0 Å². The van der Waals surface area contributed by atoms with E-state index in [9.17, 15) is 0 Å². The molecule has 5 heteroatoms. The van der Waals surface area contributed by atoms with Crippen molar-refractivity contribution in [2.45, 2.75) is 180 Å². The molecule has 316 valence electrons. The van der Waals surface area contributed by atoms with Gasteiger partial charge in [0.15, 0.2) is 0 Å². The molecule has 0 heterocycles. The molecule has 0 N–H and O–H groups in total. The van der Waals surface area contributed by atoms with Crippen molar-refractivity contribution in [3.8, 4) is 0 Å². The predicted octanol–water partition coefficient (Wildman–Crippen LogP) is 15.7. The standard InChI is InChI=1S/C52H74F4O/c1-3-5-11-37-15-19-39(20-16-37)41-23-27-43(28-24-41)45-33-49(53)47(50(54)34-45)13-7-9-31-57-32-10-8-14-48-51(55)35-46(36-52(48)56)44-29-25-42(26-30-44)40-21-17-38(18-22-40)12-6-4-2/h7-10,33-44H,3-6,11-32H2,1-2H3. The molecular weight excluding hydrogens is 717 g/mol. The van der Waals surface area contributed by atoms with Crippen LogP contribution in [0.1, 0.15) is 189 Å². The molecular formula is C52H74F4O. The molecule has 0 aliphatic heterocycles. The SMILES string of the molecule is CCCCC1CCC(C2CCC(c3cc(F)c(CC=CCOCC=CCc4c(F)cc(C5CCC(C6CCC(CCCC)CC6)CC5)cc4F)c(F)c3)CC2)CC1. The van der Waals surface area contributed by atoms with Gasteiger partial charge in [-0.1, -0.05) is 102 Å². The first-order valence-corrected chi connectivity index (χ1v) is 23.7. The topological polar surface area (TPSA) is 9.23 Å². The number of allylic oxidation sites excluding steroid dienone is 2. The van der Waals surface area contributed by atoms with Crippen molar-refractivity contribution in [2.24, 2.45) is 35.5 Å². The Morgan fingerprint density at radius 2 is 0.772 bits per heavy atom. The van der Waals surface area contributed by atoms with Crippen molar-refractivity contribution in [3.05, 3.63) is 94.1 Å². The first-order valence-electron chi connectivity index (χ1n) is 23.7. The highest BCUT2D eigenvalue weighted by Crippen LogP contribution is 2.46. The Morgan fingerprint density at radius 1 is 0.456 bits per heavy atom. The van der Waals surface area contributed by atoms with E-state index in [2.05, 4.69) is 13.8 Å². The summed E-state index contributed by atoms with van der Waals surface area (Å²) >= 11 is 0. The summed E-state index contributed by atoms with van der Waals surface area (Å²) in [5.74, 6) is 3.75. The fourth-order valence-electron chi connectivity index (χ4n) is 11.6. The smallest absolute Gasteiger partial charge is 0.129 e.